The lowest BCUT2D eigenvalue weighted by Gasteiger charge is -2.04. The van der Waals surface area contributed by atoms with Crippen molar-refractivity contribution < 1.29 is 14.1 Å². The Morgan fingerprint density at radius 2 is 2.10 bits per heavy atom. The lowest BCUT2D eigenvalue weighted by Crippen LogP contribution is -2.12. The highest BCUT2D eigenvalue weighted by Crippen LogP contribution is 2.12. The SMILES string of the molecule is CNCc1ccc(NC(=O)c2cc(COC)on2)cc1. The first kappa shape index (κ1) is 14.2. The van der Waals surface area contributed by atoms with Crippen molar-refractivity contribution in [3.05, 3.63) is 47.3 Å². The minimum atomic E-state index is -0.308. The van der Waals surface area contributed by atoms with E-state index in [-0.39, 0.29) is 11.6 Å². The molecule has 1 aromatic heterocycles. The van der Waals surface area contributed by atoms with Gasteiger partial charge in [-0.05, 0) is 24.7 Å². The average Bonchev–Trinajstić information content (AvgIpc) is 2.90. The minimum Gasteiger partial charge on any atom is -0.377 e. The zero-order chi connectivity index (χ0) is 14.4. The molecular formula is C14H17N3O3. The number of nitrogens with zero attached hydrogens (tertiary/aromatic N) is 1. The van der Waals surface area contributed by atoms with Gasteiger partial charge in [0.1, 0.15) is 6.61 Å². The van der Waals surface area contributed by atoms with Gasteiger partial charge in [0.2, 0.25) is 0 Å². The van der Waals surface area contributed by atoms with Crippen LogP contribution >= 0.6 is 0 Å². The summed E-state index contributed by atoms with van der Waals surface area (Å²) in [5, 5.41) is 9.52. The van der Waals surface area contributed by atoms with E-state index >= 15 is 0 Å². The molecule has 6 nitrogen and oxygen atoms in total. The first-order valence-corrected chi connectivity index (χ1v) is 6.22. The molecule has 0 bridgehead atoms. The fourth-order valence-electron chi connectivity index (χ4n) is 1.74. The van der Waals surface area contributed by atoms with Crippen LogP contribution in [0.1, 0.15) is 21.8 Å². The van der Waals surface area contributed by atoms with Gasteiger partial charge < -0.3 is 19.9 Å². The highest BCUT2D eigenvalue weighted by molar-refractivity contribution is 6.02. The average molecular weight is 275 g/mol. The number of ether oxygens (including phenoxy) is 1. The van der Waals surface area contributed by atoms with Crippen LogP contribution in [0.4, 0.5) is 5.69 Å². The Balaban J connectivity index is 1.99. The van der Waals surface area contributed by atoms with Crippen LogP contribution in [0.5, 0.6) is 0 Å². The molecule has 0 atom stereocenters. The number of nitrogens with one attached hydrogen (secondary N) is 2. The van der Waals surface area contributed by atoms with Crippen LogP contribution in [-0.4, -0.2) is 25.2 Å². The third-order valence-corrected chi connectivity index (χ3v) is 2.67. The summed E-state index contributed by atoms with van der Waals surface area (Å²) in [6.07, 6.45) is 0. The van der Waals surface area contributed by atoms with Crippen LogP contribution in [0.15, 0.2) is 34.9 Å². The van der Waals surface area contributed by atoms with Gasteiger partial charge in [-0.3, -0.25) is 4.79 Å². The first-order chi connectivity index (χ1) is 9.72. The van der Waals surface area contributed by atoms with E-state index in [9.17, 15) is 4.79 Å². The van der Waals surface area contributed by atoms with Crippen LogP contribution in [-0.2, 0) is 17.9 Å². The summed E-state index contributed by atoms with van der Waals surface area (Å²) in [6.45, 7) is 1.08. The Kier molecular flexibility index (Phi) is 4.86. The maximum atomic E-state index is 12.0. The van der Waals surface area contributed by atoms with E-state index in [1.165, 1.54) is 0 Å². The Labute approximate surface area is 117 Å². The van der Waals surface area contributed by atoms with Crippen LogP contribution in [0.3, 0.4) is 0 Å². The lowest BCUT2D eigenvalue weighted by molar-refractivity contribution is 0.101. The van der Waals surface area contributed by atoms with Gasteiger partial charge in [0, 0.05) is 25.4 Å². The highest BCUT2D eigenvalue weighted by atomic mass is 16.5. The van der Waals surface area contributed by atoms with E-state index in [0.717, 1.165) is 12.1 Å². The predicted molar refractivity (Wildman–Crippen MR) is 74.4 cm³/mol. The second kappa shape index (κ2) is 6.83. The van der Waals surface area contributed by atoms with Gasteiger partial charge in [-0.15, -0.1) is 0 Å². The third kappa shape index (κ3) is 3.66. The van der Waals surface area contributed by atoms with Gasteiger partial charge in [0.15, 0.2) is 11.5 Å². The summed E-state index contributed by atoms with van der Waals surface area (Å²) in [7, 11) is 3.44. The summed E-state index contributed by atoms with van der Waals surface area (Å²) in [5.74, 6) is 0.208. The monoisotopic (exact) mass is 275 g/mol. The second-order valence-corrected chi connectivity index (χ2v) is 4.29. The van der Waals surface area contributed by atoms with Crippen LogP contribution in [0.25, 0.3) is 0 Å². The van der Waals surface area contributed by atoms with E-state index in [2.05, 4.69) is 15.8 Å². The number of amides is 1. The molecule has 1 aromatic carbocycles. The molecule has 0 aliphatic heterocycles. The summed E-state index contributed by atoms with van der Waals surface area (Å²) < 4.78 is 9.87. The Morgan fingerprint density at radius 3 is 2.75 bits per heavy atom. The number of aromatic nitrogens is 1. The molecule has 2 aromatic rings. The molecular weight excluding hydrogens is 258 g/mol. The fourth-order valence-corrected chi connectivity index (χ4v) is 1.74. The van der Waals surface area contributed by atoms with Crippen molar-refractivity contribution in [2.75, 3.05) is 19.5 Å². The molecule has 0 fully saturated rings. The van der Waals surface area contributed by atoms with Crippen LogP contribution in [0, 0.1) is 0 Å². The molecule has 1 amide bonds. The number of anilines is 1. The molecule has 0 saturated heterocycles. The molecule has 0 unspecified atom stereocenters. The molecule has 106 valence electrons. The van der Waals surface area contributed by atoms with Crippen LogP contribution < -0.4 is 10.6 Å². The van der Waals surface area contributed by atoms with Crippen molar-refractivity contribution in [1.29, 1.82) is 0 Å². The van der Waals surface area contributed by atoms with Gasteiger partial charge in [-0.1, -0.05) is 17.3 Å². The molecule has 20 heavy (non-hydrogen) atoms. The summed E-state index contributed by atoms with van der Waals surface area (Å²) >= 11 is 0. The first-order valence-electron chi connectivity index (χ1n) is 6.22. The van der Waals surface area contributed by atoms with Gasteiger partial charge in [-0.2, -0.15) is 0 Å². The zero-order valence-electron chi connectivity index (χ0n) is 11.5. The Hall–Kier alpha value is -2.18. The fraction of sp³-hybridized carbons (Fsp3) is 0.286. The minimum absolute atomic E-state index is 0.233. The molecule has 2 N–H and O–H groups in total. The topological polar surface area (TPSA) is 76.4 Å². The van der Waals surface area contributed by atoms with Gasteiger partial charge >= 0.3 is 0 Å². The van der Waals surface area contributed by atoms with Crippen molar-refractivity contribution in [3.8, 4) is 0 Å². The van der Waals surface area contributed by atoms with E-state index in [1.54, 1.807) is 13.2 Å². The maximum Gasteiger partial charge on any atom is 0.277 e. The molecule has 0 saturated carbocycles. The largest absolute Gasteiger partial charge is 0.377 e. The van der Waals surface area contributed by atoms with Crippen molar-refractivity contribution in [3.63, 3.8) is 0 Å². The number of rotatable bonds is 6. The van der Waals surface area contributed by atoms with E-state index < -0.39 is 0 Å². The zero-order valence-corrected chi connectivity index (χ0v) is 11.5. The van der Waals surface area contributed by atoms with Crippen molar-refractivity contribution in [2.45, 2.75) is 13.2 Å². The van der Waals surface area contributed by atoms with Crippen molar-refractivity contribution in [1.82, 2.24) is 10.5 Å². The quantitative estimate of drug-likeness (QED) is 0.840. The maximum absolute atomic E-state index is 12.0. The third-order valence-electron chi connectivity index (χ3n) is 2.67. The van der Waals surface area contributed by atoms with E-state index in [1.807, 2.05) is 31.3 Å². The van der Waals surface area contributed by atoms with Crippen LogP contribution in [0.2, 0.25) is 0 Å². The molecule has 6 heteroatoms. The molecule has 0 aliphatic carbocycles. The molecule has 0 aliphatic rings. The summed E-state index contributed by atoms with van der Waals surface area (Å²) in [5.41, 5.74) is 2.09. The predicted octanol–water partition coefficient (Wildman–Crippen LogP) is 1.79. The number of carbonyl (C=O) groups excluding carboxylic acids is 1. The summed E-state index contributed by atoms with van der Waals surface area (Å²) in [4.78, 5) is 12.0. The second-order valence-electron chi connectivity index (χ2n) is 4.29. The number of carbonyl (C=O) groups is 1. The molecule has 1 heterocycles. The molecule has 0 spiro atoms. The van der Waals surface area contributed by atoms with E-state index in [0.29, 0.717) is 18.1 Å². The normalized spacial score (nSPS) is 10.5. The molecule has 0 radical (unpaired) electrons. The standard InChI is InChI=1S/C14H17N3O3/c1-15-8-10-3-5-11(6-4-10)16-14(18)13-7-12(9-19-2)20-17-13/h3-7,15H,8-9H2,1-2H3,(H,16,18). The number of methoxy groups -OCH3 is 1. The van der Waals surface area contributed by atoms with Gasteiger partial charge in [0.25, 0.3) is 5.91 Å². The smallest absolute Gasteiger partial charge is 0.277 e. The summed E-state index contributed by atoms with van der Waals surface area (Å²) in [6, 6.07) is 9.16. The number of hydrogen-bond acceptors (Lipinski definition) is 5. The van der Waals surface area contributed by atoms with Crippen molar-refractivity contribution in [2.24, 2.45) is 0 Å². The highest BCUT2D eigenvalue weighted by Gasteiger charge is 2.12. The van der Waals surface area contributed by atoms with Gasteiger partial charge in [-0.25, -0.2) is 0 Å². The Morgan fingerprint density at radius 1 is 1.35 bits per heavy atom. The van der Waals surface area contributed by atoms with Crippen molar-refractivity contribution >= 4 is 11.6 Å². The van der Waals surface area contributed by atoms with Gasteiger partial charge in [0.05, 0.1) is 0 Å². The lowest BCUT2D eigenvalue weighted by atomic mass is 10.2. The number of benzene rings is 1. The number of hydrogen-bond donors (Lipinski definition) is 2. The Bertz CT molecular complexity index is 563. The van der Waals surface area contributed by atoms with E-state index in [4.69, 9.17) is 9.26 Å². The molecule has 2 rings (SSSR count).